The minimum absolute atomic E-state index is 0.00513. The number of benzene rings is 4. The monoisotopic (exact) mass is 688 g/mol. The van der Waals surface area contributed by atoms with Crippen molar-refractivity contribution in [1.29, 1.82) is 0 Å². The summed E-state index contributed by atoms with van der Waals surface area (Å²) in [6.45, 7) is 6.58. The number of nitrogens with zero attached hydrogens (tertiary/aromatic N) is 2. The number of aromatic nitrogens is 2. The molecular formula is C41H44N4O6. The summed E-state index contributed by atoms with van der Waals surface area (Å²) in [7, 11) is 0. The number of nitrogens with one attached hydrogen (secondary N) is 2. The van der Waals surface area contributed by atoms with E-state index in [4.69, 9.17) is 14.2 Å². The first kappa shape index (κ1) is 34.4. The molecule has 0 saturated carbocycles. The number of imidazole rings is 1. The zero-order valence-electron chi connectivity index (χ0n) is 28.6. The minimum Gasteiger partial charge on any atom is -0.445 e. The van der Waals surface area contributed by atoms with Crippen LogP contribution in [0.1, 0.15) is 60.0 Å². The summed E-state index contributed by atoms with van der Waals surface area (Å²) in [4.78, 5) is 30.2. The number of aliphatic hydroxyl groups excluding tert-OH is 1. The summed E-state index contributed by atoms with van der Waals surface area (Å²) in [5.41, 5.74) is 7.67. The summed E-state index contributed by atoms with van der Waals surface area (Å²) >= 11 is 0. The van der Waals surface area contributed by atoms with Crippen molar-refractivity contribution in [2.24, 2.45) is 0 Å². The number of piperidine rings is 1. The van der Waals surface area contributed by atoms with Crippen molar-refractivity contribution in [2.45, 2.75) is 57.0 Å². The fourth-order valence-corrected chi connectivity index (χ4v) is 7.17. The van der Waals surface area contributed by atoms with Gasteiger partial charge in [-0.3, -0.25) is 4.57 Å². The Morgan fingerprint density at radius 1 is 0.922 bits per heavy atom. The number of hydrogen-bond acceptors (Lipinski definition) is 7. The molecule has 7 rings (SSSR count). The molecule has 0 aliphatic carbocycles. The predicted octanol–water partition coefficient (Wildman–Crippen LogP) is 6.78. The van der Waals surface area contributed by atoms with E-state index in [0.29, 0.717) is 13.0 Å². The Morgan fingerprint density at radius 2 is 1.69 bits per heavy atom. The van der Waals surface area contributed by atoms with Crippen LogP contribution in [-0.4, -0.2) is 58.0 Å². The first-order valence-corrected chi connectivity index (χ1v) is 17.6. The molecule has 0 spiro atoms. The number of alkyl carbamates (subject to hydrolysis) is 1. The van der Waals surface area contributed by atoms with Crippen molar-refractivity contribution in [1.82, 2.24) is 19.8 Å². The van der Waals surface area contributed by atoms with Crippen LogP contribution in [-0.2, 0) is 27.4 Å². The molecule has 51 heavy (non-hydrogen) atoms. The normalized spacial score (nSPS) is 19.9. The molecule has 1 amide bonds. The third-order valence-corrected chi connectivity index (χ3v) is 9.84. The van der Waals surface area contributed by atoms with Gasteiger partial charge < -0.3 is 34.5 Å². The van der Waals surface area contributed by atoms with Crippen molar-refractivity contribution in [3.8, 4) is 11.1 Å². The Balaban J connectivity index is 1.04. The topological polar surface area (TPSA) is 118 Å². The van der Waals surface area contributed by atoms with Crippen molar-refractivity contribution < 1.29 is 24.1 Å². The predicted molar refractivity (Wildman–Crippen MR) is 196 cm³/mol. The van der Waals surface area contributed by atoms with E-state index in [1.54, 1.807) is 0 Å². The zero-order chi connectivity index (χ0) is 35.2. The largest absolute Gasteiger partial charge is 0.445 e. The maximum absolute atomic E-state index is 12.8. The molecule has 10 nitrogen and oxygen atoms in total. The second kappa shape index (κ2) is 15.9. The lowest BCUT2D eigenvalue weighted by atomic mass is 9.98. The molecule has 264 valence electrons. The van der Waals surface area contributed by atoms with E-state index in [9.17, 15) is 14.7 Å². The Hall–Kier alpha value is -5.00. The Bertz CT molecular complexity index is 2000. The highest BCUT2D eigenvalue weighted by atomic mass is 16.7. The van der Waals surface area contributed by atoms with Crippen LogP contribution in [0.25, 0.3) is 22.2 Å². The van der Waals surface area contributed by atoms with Gasteiger partial charge in [-0.05, 0) is 58.9 Å². The molecule has 1 aromatic heterocycles. The summed E-state index contributed by atoms with van der Waals surface area (Å²) < 4.78 is 20.2. The molecule has 0 unspecified atom stereocenters. The number of aliphatic hydroxyl groups is 1. The Kier molecular flexibility index (Phi) is 10.7. The third kappa shape index (κ3) is 8.16. The fraction of sp³-hybridized carbons (Fsp3) is 0.317. The second-order valence-electron chi connectivity index (χ2n) is 13.3. The molecule has 2 saturated heterocycles. The number of carbonyl (C=O) groups is 1. The quantitative estimate of drug-likeness (QED) is 0.131. The molecule has 0 bridgehead atoms. The van der Waals surface area contributed by atoms with Crippen molar-refractivity contribution in [2.75, 3.05) is 26.2 Å². The van der Waals surface area contributed by atoms with Gasteiger partial charge >= 0.3 is 11.8 Å². The number of amides is 1. The van der Waals surface area contributed by atoms with E-state index in [0.717, 1.165) is 76.9 Å². The number of para-hydroxylation sites is 2. The van der Waals surface area contributed by atoms with E-state index in [1.807, 2.05) is 71.3 Å². The number of carbonyl (C=O) groups excluding carboxylic acids is 1. The average Bonchev–Trinajstić information content (AvgIpc) is 3.52. The summed E-state index contributed by atoms with van der Waals surface area (Å²) in [5, 5.41) is 12.4. The highest BCUT2D eigenvalue weighted by Crippen LogP contribution is 2.39. The molecule has 2 aliphatic rings. The summed E-state index contributed by atoms with van der Waals surface area (Å²) in [6.07, 6.45) is 2.73. The number of hydrogen-bond donors (Lipinski definition) is 3. The van der Waals surface area contributed by atoms with Crippen LogP contribution < -0.4 is 11.0 Å². The van der Waals surface area contributed by atoms with E-state index >= 15 is 0 Å². The van der Waals surface area contributed by atoms with Crippen LogP contribution >= 0.6 is 0 Å². The summed E-state index contributed by atoms with van der Waals surface area (Å²) in [5.74, 6) is 0. The molecule has 5 aromatic rings. The van der Waals surface area contributed by atoms with Crippen LogP contribution in [0.15, 0.2) is 115 Å². The van der Waals surface area contributed by atoms with Gasteiger partial charge in [0.2, 0.25) is 0 Å². The molecule has 3 atom stereocenters. The molecule has 2 aliphatic heterocycles. The molecule has 4 aromatic carbocycles. The van der Waals surface area contributed by atoms with Crippen LogP contribution in [0.5, 0.6) is 0 Å². The number of likely N-dealkylation sites (tertiary alicyclic amines) is 1. The average molecular weight is 689 g/mol. The number of rotatable bonds is 11. The van der Waals surface area contributed by atoms with E-state index in [2.05, 4.69) is 52.1 Å². The number of ether oxygens (including phenoxy) is 3. The van der Waals surface area contributed by atoms with Gasteiger partial charge in [0.05, 0.1) is 29.8 Å². The minimum atomic E-state index is -0.556. The zero-order valence-corrected chi connectivity index (χ0v) is 28.6. The van der Waals surface area contributed by atoms with Crippen molar-refractivity contribution in [3.63, 3.8) is 0 Å². The highest BCUT2D eigenvalue weighted by molar-refractivity contribution is 5.75. The smallest absolute Gasteiger partial charge is 0.407 e. The molecule has 0 radical (unpaired) electrons. The fourth-order valence-electron chi connectivity index (χ4n) is 7.17. The first-order chi connectivity index (χ1) is 25.0. The first-order valence-electron chi connectivity index (χ1n) is 17.6. The SMILES string of the molecule is C=CCOC(=O)NCc1cccc(-c2ccc([C@@H]3O[C@H](CN4CCC(n5c(=O)[nH]c6ccccc65)CC4)C[C@H](c4ccc(CO)cc4)O3)cc2)c1. The lowest BCUT2D eigenvalue weighted by Gasteiger charge is -2.40. The van der Waals surface area contributed by atoms with E-state index < -0.39 is 12.4 Å². The van der Waals surface area contributed by atoms with Crippen LogP contribution in [0, 0.1) is 0 Å². The maximum atomic E-state index is 12.8. The molecule has 3 N–H and O–H groups in total. The van der Waals surface area contributed by atoms with Gasteiger partial charge in [-0.15, -0.1) is 0 Å². The van der Waals surface area contributed by atoms with Crippen molar-refractivity contribution >= 4 is 17.1 Å². The molecule has 3 heterocycles. The third-order valence-electron chi connectivity index (χ3n) is 9.84. The van der Waals surface area contributed by atoms with Gasteiger partial charge in [0, 0.05) is 44.2 Å². The lowest BCUT2D eigenvalue weighted by Crippen LogP contribution is -2.43. The van der Waals surface area contributed by atoms with Gasteiger partial charge in [0.15, 0.2) is 6.29 Å². The Morgan fingerprint density at radius 3 is 2.45 bits per heavy atom. The standard InChI is InChI=1S/C41H44N4O6/c1-2-22-49-41(48)42-25-29-6-5-7-33(23-29)30-14-16-32(17-15-30)39-50-35(24-38(51-39)31-12-10-28(27-46)11-13-31)26-44-20-18-34(19-21-44)45-37-9-4-3-8-36(37)43-40(45)47/h2-17,23,34-35,38-39,46H,1,18-22,24-27H2,(H,42,48)(H,43,47)/t35-,38+,39+/m0/s1. The van der Waals surface area contributed by atoms with Crippen LogP contribution in [0.4, 0.5) is 4.79 Å². The lowest BCUT2D eigenvalue weighted by molar-refractivity contribution is -0.253. The Labute approximate surface area is 297 Å². The van der Waals surface area contributed by atoms with Crippen molar-refractivity contribution in [3.05, 3.63) is 142 Å². The van der Waals surface area contributed by atoms with Gasteiger partial charge in [-0.25, -0.2) is 9.59 Å². The van der Waals surface area contributed by atoms with Gasteiger partial charge in [0.1, 0.15) is 6.61 Å². The number of H-pyrrole nitrogens is 1. The van der Waals surface area contributed by atoms with Gasteiger partial charge in [-0.1, -0.05) is 91.5 Å². The van der Waals surface area contributed by atoms with E-state index in [-0.39, 0.29) is 37.2 Å². The van der Waals surface area contributed by atoms with Gasteiger partial charge in [-0.2, -0.15) is 0 Å². The number of aromatic amines is 1. The van der Waals surface area contributed by atoms with E-state index in [1.165, 1.54) is 6.08 Å². The van der Waals surface area contributed by atoms with Gasteiger partial charge in [0.25, 0.3) is 0 Å². The molecule has 2 fully saturated rings. The highest BCUT2D eigenvalue weighted by Gasteiger charge is 2.34. The molecule has 10 heteroatoms. The molecular weight excluding hydrogens is 644 g/mol. The van der Waals surface area contributed by atoms with Crippen LogP contribution in [0.3, 0.4) is 0 Å². The van der Waals surface area contributed by atoms with Crippen LogP contribution in [0.2, 0.25) is 0 Å². The number of fused-ring (bicyclic) bond motifs is 1. The maximum Gasteiger partial charge on any atom is 0.407 e. The second-order valence-corrected chi connectivity index (χ2v) is 13.3. The summed E-state index contributed by atoms with van der Waals surface area (Å²) in [6, 6.07) is 32.3.